The summed E-state index contributed by atoms with van der Waals surface area (Å²) in [7, 11) is 0. The molecule has 2 aromatic carbocycles. The van der Waals surface area contributed by atoms with Gasteiger partial charge in [-0.05, 0) is 41.5 Å². The third-order valence-electron chi connectivity index (χ3n) is 4.31. The minimum absolute atomic E-state index is 0.549. The number of thiocarbonyl (C=S) groups is 1. The molecule has 1 heterocycles. The average Bonchev–Trinajstić information content (AvgIpc) is 2.66. The third-order valence-corrected chi connectivity index (χ3v) is 4.55. The first kappa shape index (κ1) is 17.8. The first-order valence-corrected chi connectivity index (χ1v) is 9.00. The van der Waals surface area contributed by atoms with Crippen molar-refractivity contribution in [3.63, 3.8) is 0 Å². The smallest absolute Gasteiger partial charge is 0.187 e. The van der Waals surface area contributed by atoms with Gasteiger partial charge in [0.05, 0.1) is 18.9 Å². The lowest BCUT2D eigenvalue weighted by Gasteiger charge is -2.26. The molecule has 1 aliphatic heterocycles. The molecule has 25 heavy (non-hydrogen) atoms. The Morgan fingerprint density at radius 3 is 2.72 bits per heavy atom. The topological polar surface area (TPSA) is 48.9 Å². The summed E-state index contributed by atoms with van der Waals surface area (Å²) >= 11 is 5.29. The molecule has 0 atom stereocenters. The van der Waals surface area contributed by atoms with Crippen LogP contribution >= 0.6 is 12.2 Å². The molecule has 5 nitrogen and oxygen atoms in total. The zero-order chi connectivity index (χ0) is 17.5. The number of fused-ring (bicyclic) bond motifs is 1. The fraction of sp³-hybridized carbons (Fsp3) is 0.368. The average molecular weight is 356 g/mol. The second-order valence-electron chi connectivity index (χ2n) is 6.08. The molecule has 0 bridgehead atoms. The maximum Gasteiger partial charge on any atom is 0.187 e. The van der Waals surface area contributed by atoms with Crippen LogP contribution in [0.25, 0.3) is 10.8 Å². The van der Waals surface area contributed by atoms with E-state index in [0.717, 1.165) is 50.7 Å². The van der Waals surface area contributed by atoms with Crippen LogP contribution in [0.1, 0.15) is 12.5 Å². The number of rotatable bonds is 5. The highest BCUT2D eigenvalue weighted by atomic mass is 32.1. The summed E-state index contributed by atoms with van der Waals surface area (Å²) in [6, 6.07) is 14.6. The van der Waals surface area contributed by atoms with Gasteiger partial charge in [-0.2, -0.15) is 5.10 Å². The second-order valence-corrected chi connectivity index (χ2v) is 6.49. The largest absolute Gasteiger partial charge is 0.379 e. The van der Waals surface area contributed by atoms with Crippen molar-refractivity contribution in [3.05, 3.63) is 48.0 Å². The van der Waals surface area contributed by atoms with Crippen LogP contribution in [0.3, 0.4) is 0 Å². The molecular formula is C19H24N4OS. The standard InChI is InChI=1S/C19H24N4OS/c1-15(17-7-6-16-4-2-3-5-18(16)14-17)21-22-19(25)20-8-9-23-10-12-24-13-11-23/h2-7,14H,8-13H2,1H3,(H2,20,22,25)/b21-15+. The number of hydrogen-bond acceptors (Lipinski definition) is 4. The van der Waals surface area contributed by atoms with E-state index in [1.807, 2.05) is 19.1 Å². The van der Waals surface area contributed by atoms with Gasteiger partial charge in [0.25, 0.3) is 0 Å². The molecule has 1 aliphatic rings. The van der Waals surface area contributed by atoms with Crippen LogP contribution in [0, 0.1) is 0 Å². The van der Waals surface area contributed by atoms with Gasteiger partial charge in [-0.25, -0.2) is 0 Å². The molecule has 0 aliphatic carbocycles. The molecule has 0 spiro atoms. The van der Waals surface area contributed by atoms with Crippen LogP contribution < -0.4 is 10.7 Å². The van der Waals surface area contributed by atoms with Crippen LogP contribution in [0.4, 0.5) is 0 Å². The van der Waals surface area contributed by atoms with Gasteiger partial charge in [0.15, 0.2) is 5.11 Å². The quantitative estimate of drug-likeness (QED) is 0.489. The first-order valence-electron chi connectivity index (χ1n) is 8.60. The maximum atomic E-state index is 5.34. The Morgan fingerprint density at radius 1 is 1.16 bits per heavy atom. The van der Waals surface area contributed by atoms with Crippen molar-refractivity contribution in [1.29, 1.82) is 0 Å². The Morgan fingerprint density at radius 2 is 1.92 bits per heavy atom. The predicted molar refractivity (Wildman–Crippen MR) is 107 cm³/mol. The van der Waals surface area contributed by atoms with Gasteiger partial charge in [0.2, 0.25) is 0 Å². The normalized spacial score (nSPS) is 16.0. The number of hydrazone groups is 1. The molecule has 132 valence electrons. The lowest BCUT2D eigenvalue weighted by molar-refractivity contribution is 0.0389. The van der Waals surface area contributed by atoms with Crippen molar-refractivity contribution in [3.8, 4) is 0 Å². The van der Waals surface area contributed by atoms with Crippen LogP contribution in [-0.4, -0.2) is 55.1 Å². The number of benzene rings is 2. The molecule has 1 saturated heterocycles. The molecule has 0 radical (unpaired) electrons. The van der Waals surface area contributed by atoms with E-state index < -0.39 is 0 Å². The molecule has 3 rings (SSSR count). The lowest BCUT2D eigenvalue weighted by atomic mass is 10.0. The highest BCUT2D eigenvalue weighted by Crippen LogP contribution is 2.16. The third kappa shape index (κ3) is 5.22. The van der Waals surface area contributed by atoms with Gasteiger partial charge in [0.1, 0.15) is 0 Å². The zero-order valence-corrected chi connectivity index (χ0v) is 15.3. The summed E-state index contributed by atoms with van der Waals surface area (Å²) in [6.45, 7) is 7.35. The van der Waals surface area contributed by atoms with E-state index in [2.05, 4.69) is 51.1 Å². The number of morpholine rings is 1. The lowest BCUT2D eigenvalue weighted by Crippen LogP contribution is -2.42. The number of ether oxygens (including phenoxy) is 1. The minimum atomic E-state index is 0.549. The molecule has 0 saturated carbocycles. The van der Waals surface area contributed by atoms with Gasteiger partial charge in [-0.3, -0.25) is 10.3 Å². The van der Waals surface area contributed by atoms with Crippen LogP contribution in [0.5, 0.6) is 0 Å². The highest BCUT2D eigenvalue weighted by molar-refractivity contribution is 7.80. The summed E-state index contributed by atoms with van der Waals surface area (Å²) in [5.74, 6) is 0. The Balaban J connectivity index is 1.48. The van der Waals surface area contributed by atoms with Crippen molar-refractivity contribution < 1.29 is 4.74 Å². The summed E-state index contributed by atoms with van der Waals surface area (Å²) in [5.41, 5.74) is 4.92. The molecule has 6 heteroatoms. The van der Waals surface area contributed by atoms with Crippen molar-refractivity contribution >= 4 is 33.8 Å². The molecule has 2 aromatic rings. The number of nitrogens with zero attached hydrogens (tertiary/aromatic N) is 2. The Hall–Kier alpha value is -2.02. The molecular weight excluding hydrogens is 332 g/mol. The molecule has 0 amide bonds. The molecule has 0 unspecified atom stereocenters. The monoisotopic (exact) mass is 356 g/mol. The van der Waals surface area contributed by atoms with Crippen LogP contribution in [-0.2, 0) is 4.74 Å². The van der Waals surface area contributed by atoms with Gasteiger partial charge >= 0.3 is 0 Å². The van der Waals surface area contributed by atoms with E-state index >= 15 is 0 Å². The van der Waals surface area contributed by atoms with E-state index in [1.165, 1.54) is 10.8 Å². The van der Waals surface area contributed by atoms with Crippen molar-refractivity contribution in [2.75, 3.05) is 39.4 Å². The van der Waals surface area contributed by atoms with Gasteiger partial charge in [0, 0.05) is 26.2 Å². The van der Waals surface area contributed by atoms with Gasteiger partial charge in [-0.15, -0.1) is 0 Å². The number of nitrogens with one attached hydrogen (secondary N) is 2. The first-order chi connectivity index (χ1) is 12.2. The van der Waals surface area contributed by atoms with E-state index in [-0.39, 0.29) is 0 Å². The molecule has 0 aromatic heterocycles. The SMILES string of the molecule is C/C(=N\NC(=S)NCCN1CCOCC1)c1ccc2ccccc2c1. The van der Waals surface area contributed by atoms with E-state index in [4.69, 9.17) is 17.0 Å². The molecule has 1 fully saturated rings. The van der Waals surface area contributed by atoms with Crippen molar-refractivity contribution in [1.82, 2.24) is 15.6 Å². The van der Waals surface area contributed by atoms with E-state index in [1.54, 1.807) is 0 Å². The highest BCUT2D eigenvalue weighted by Gasteiger charge is 2.09. The van der Waals surface area contributed by atoms with Crippen LogP contribution in [0.2, 0.25) is 0 Å². The Kier molecular flexibility index (Phi) is 6.33. The summed E-state index contributed by atoms with van der Waals surface area (Å²) in [6.07, 6.45) is 0. The van der Waals surface area contributed by atoms with Gasteiger partial charge in [-0.1, -0.05) is 36.4 Å². The summed E-state index contributed by atoms with van der Waals surface area (Å²) in [4.78, 5) is 2.36. The fourth-order valence-electron chi connectivity index (χ4n) is 2.81. The predicted octanol–water partition coefficient (Wildman–Crippen LogP) is 2.36. The van der Waals surface area contributed by atoms with Crippen LogP contribution in [0.15, 0.2) is 47.6 Å². The maximum absolute atomic E-state index is 5.34. The van der Waals surface area contributed by atoms with E-state index in [0.29, 0.717) is 5.11 Å². The fourth-order valence-corrected chi connectivity index (χ4v) is 2.95. The summed E-state index contributed by atoms with van der Waals surface area (Å²) in [5, 5.41) is 10.6. The van der Waals surface area contributed by atoms with Crippen molar-refractivity contribution in [2.24, 2.45) is 5.10 Å². The summed E-state index contributed by atoms with van der Waals surface area (Å²) < 4.78 is 5.34. The number of hydrogen-bond donors (Lipinski definition) is 2. The Bertz CT molecular complexity index is 756. The van der Waals surface area contributed by atoms with Gasteiger partial charge < -0.3 is 10.1 Å². The van der Waals surface area contributed by atoms with E-state index in [9.17, 15) is 0 Å². The minimum Gasteiger partial charge on any atom is -0.379 e. The Labute approximate surface area is 154 Å². The van der Waals surface area contributed by atoms with Crippen molar-refractivity contribution in [2.45, 2.75) is 6.92 Å². The second kappa shape index (κ2) is 8.89. The molecule has 2 N–H and O–H groups in total. The zero-order valence-electron chi connectivity index (χ0n) is 14.5.